The molecule has 0 saturated heterocycles. The van der Waals surface area contributed by atoms with Crippen LogP contribution in [-0.2, 0) is 29.7 Å². The monoisotopic (exact) mass is 870 g/mol. The molecule has 2 amide bonds. The standard InChI is InChI=1S/C21H25N6O2.C13H13P.C6H13NO5.Tc/c1-15(16-8-4-3-5-9-16)24-13-7-6-10-18(21(29)23-2)26-20(28)17-11-12-19(27-22)25-14-17;1-14(12-8-4-2-5-9-12)13-10-6-3-7-11-13;8-2-6(3-9,4-10)7-1-5(11)12;/h3-5,8-9,11-12,14,18,24H,1,6-7,10,13H2,2H3,(H,23,29)(H,26,28);2-11H,1H3;7-10H,1-4H2,(H,11,12);/q-1;;;/p+1. The van der Waals surface area contributed by atoms with Crippen LogP contribution in [0.1, 0.15) is 35.2 Å². The van der Waals surface area contributed by atoms with Gasteiger partial charge >= 0.3 is 5.97 Å². The molecule has 1 atom stereocenters. The van der Waals surface area contributed by atoms with Crippen molar-refractivity contribution in [3.05, 3.63) is 133 Å². The fraction of sp³-hybridized carbons (Fsp3) is 0.300. The van der Waals surface area contributed by atoms with Crippen LogP contribution in [0.4, 0.5) is 5.82 Å². The number of carbonyl (C=O) groups excluding carboxylic acids is 2. The molecule has 301 valence electrons. The van der Waals surface area contributed by atoms with E-state index in [1.807, 2.05) is 30.3 Å². The van der Waals surface area contributed by atoms with E-state index in [1.54, 1.807) is 0 Å². The summed E-state index contributed by atoms with van der Waals surface area (Å²) >= 11 is 0. The number of hydrogen-bond donors (Lipinski definition) is 8. The summed E-state index contributed by atoms with van der Waals surface area (Å²) in [7, 11) is 0.989. The van der Waals surface area contributed by atoms with Gasteiger partial charge in [-0.15, -0.1) is 0 Å². The number of aliphatic carboxylic acids is 1. The molecule has 4 rings (SSSR count). The van der Waals surface area contributed by atoms with Gasteiger partial charge in [0.2, 0.25) is 5.91 Å². The van der Waals surface area contributed by atoms with E-state index in [0.717, 1.165) is 30.6 Å². The molecule has 14 nitrogen and oxygen atoms in total. The van der Waals surface area contributed by atoms with Crippen molar-refractivity contribution in [2.45, 2.75) is 30.8 Å². The summed E-state index contributed by atoms with van der Waals surface area (Å²) in [5.41, 5.74) is 9.53. The van der Waals surface area contributed by atoms with Crippen molar-refractivity contribution in [1.82, 2.24) is 26.3 Å². The first-order valence-corrected chi connectivity index (χ1v) is 19.6. The Kier molecular flexibility index (Phi) is 24.5. The van der Waals surface area contributed by atoms with Crippen molar-refractivity contribution >= 4 is 47.8 Å². The first-order chi connectivity index (χ1) is 26.5. The smallest absolute Gasteiger partial charge is 0.317 e. The van der Waals surface area contributed by atoms with Crippen LogP contribution < -0.4 is 31.9 Å². The molecule has 1 aromatic heterocycles. The van der Waals surface area contributed by atoms with Crippen LogP contribution in [0.25, 0.3) is 11.2 Å². The van der Waals surface area contributed by atoms with E-state index in [0.29, 0.717) is 6.42 Å². The van der Waals surface area contributed by atoms with E-state index in [1.165, 1.54) is 36.0 Å². The number of aliphatic hydroxyl groups is 3. The SMILES string of the molecule is C=C(NCCCCC(NC(=O)c1ccc(N=[N-])nc1)C(=O)NC)c1ccccc1.C[PH+](c1ccccc1)c1ccccc1.O=C(O)CNC(CO)(CO)CO.[Tc]. The van der Waals surface area contributed by atoms with Crippen molar-refractivity contribution in [2.75, 3.05) is 46.6 Å². The van der Waals surface area contributed by atoms with Crippen LogP contribution in [0.15, 0.2) is 121 Å². The number of unbranched alkanes of at least 4 members (excludes halogenated alkanes) is 1. The third kappa shape index (κ3) is 17.8. The van der Waals surface area contributed by atoms with Crippen LogP contribution in [0.2, 0.25) is 0 Å². The molecule has 0 aliphatic carbocycles. The molecule has 0 saturated carbocycles. The summed E-state index contributed by atoms with van der Waals surface area (Å²) in [6.45, 7) is 5.11. The second kappa shape index (κ2) is 27.8. The molecule has 1 heterocycles. The molecular weight excluding hydrogens is 819 g/mol. The third-order valence-corrected chi connectivity index (χ3v) is 10.7. The number of nitrogens with zero attached hydrogens (tertiary/aromatic N) is 3. The Labute approximate surface area is 342 Å². The van der Waals surface area contributed by atoms with Gasteiger partial charge < -0.3 is 47.0 Å². The van der Waals surface area contributed by atoms with Crippen LogP contribution in [0.3, 0.4) is 0 Å². The van der Waals surface area contributed by atoms with Crippen LogP contribution >= 0.6 is 7.92 Å². The Morgan fingerprint density at radius 1 is 0.839 bits per heavy atom. The van der Waals surface area contributed by atoms with Gasteiger partial charge in [-0.2, -0.15) is 0 Å². The Morgan fingerprint density at radius 3 is 1.82 bits per heavy atom. The average Bonchev–Trinajstić information content (AvgIpc) is 3.24. The molecular formula is C40H52N7O7PTc. The normalized spacial score (nSPS) is 10.9. The zero-order chi connectivity index (χ0) is 40.5. The second-order valence-corrected chi connectivity index (χ2v) is 14.7. The number of hydrogen-bond acceptors (Lipinski definition) is 10. The quantitative estimate of drug-likeness (QED) is 0.0391. The molecule has 8 N–H and O–H groups in total. The summed E-state index contributed by atoms with van der Waals surface area (Å²) in [4.78, 5) is 38.4. The molecule has 16 heteroatoms. The Morgan fingerprint density at radius 2 is 1.38 bits per heavy atom. The summed E-state index contributed by atoms with van der Waals surface area (Å²) < 4.78 is 0. The molecule has 4 aromatic rings. The fourth-order valence-corrected chi connectivity index (χ4v) is 6.56. The zero-order valence-corrected chi connectivity index (χ0v) is 34.4. The van der Waals surface area contributed by atoms with Crippen molar-refractivity contribution in [3.63, 3.8) is 0 Å². The number of likely N-dealkylation sites (N-methyl/N-ethyl adjacent to an activating group) is 1. The minimum absolute atomic E-state index is 0. The van der Waals surface area contributed by atoms with Gasteiger partial charge in [-0.1, -0.05) is 73.3 Å². The fourth-order valence-electron chi connectivity index (χ4n) is 4.84. The maximum absolute atomic E-state index is 12.4. The van der Waals surface area contributed by atoms with Crippen molar-refractivity contribution in [3.8, 4) is 0 Å². The number of carboxylic acid groups (broad SMARTS) is 1. The van der Waals surface area contributed by atoms with E-state index >= 15 is 0 Å². The summed E-state index contributed by atoms with van der Waals surface area (Å²) in [6.07, 6.45) is 3.37. The molecule has 0 aliphatic heterocycles. The Bertz CT molecular complexity index is 1690. The number of pyridine rings is 1. The van der Waals surface area contributed by atoms with Gasteiger partial charge in [0.15, 0.2) is 0 Å². The average molecular weight is 872 g/mol. The topological polar surface area (TPSA) is 228 Å². The van der Waals surface area contributed by atoms with E-state index in [-0.39, 0.29) is 37.4 Å². The summed E-state index contributed by atoms with van der Waals surface area (Å²) in [5, 5.41) is 51.2. The predicted octanol–water partition coefficient (Wildman–Crippen LogP) is 2.87. The zero-order valence-electron chi connectivity index (χ0n) is 31.6. The molecule has 1 unspecified atom stereocenters. The number of carboxylic acids is 1. The van der Waals surface area contributed by atoms with Crippen LogP contribution in [0, 0.1) is 0 Å². The Balaban J connectivity index is 0.000000481. The van der Waals surface area contributed by atoms with E-state index in [2.05, 4.69) is 105 Å². The van der Waals surface area contributed by atoms with Gasteiger partial charge in [0.25, 0.3) is 5.91 Å². The number of amides is 2. The van der Waals surface area contributed by atoms with E-state index in [4.69, 9.17) is 26.0 Å². The van der Waals surface area contributed by atoms with Gasteiger partial charge in [-0.3, -0.25) is 19.7 Å². The van der Waals surface area contributed by atoms with Crippen molar-refractivity contribution < 1.29 is 54.9 Å². The van der Waals surface area contributed by atoms with Gasteiger partial charge in [-0.05, 0) is 61.2 Å². The molecule has 56 heavy (non-hydrogen) atoms. The minimum Gasteiger partial charge on any atom is -0.705 e. The minimum atomic E-state index is -1.31. The van der Waals surface area contributed by atoms with Crippen LogP contribution in [0.5, 0.6) is 0 Å². The van der Waals surface area contributed by atoms with Crippen LogP contribution in [-0.4, -0.2) is 101 Å². The first-order valence-electron chi connectivity index (χ1n) is 17.6. The maximum atomic E-state index is 12.4. The largest absolute Gasteiger partial charge is 0.705 e. The number of aliphatic hydroxyl groups excluding tert-OH is 3. The van der Waals surface area contributed by atoms with Gasteiger partial charge in [0.1, 0.15) is 11.9 Å². The Hall–Kier alpha value is -4.72. The second-order valence-electron chi connectivity index (χ2n) is 12.3. The maximum Gasteiger partial charge on any atom is 0.317 e. The van der Waals surface area contributed by atoms with E-state index in [9.17, 15) is 14.4 Å². The van der Waals surface area contributed by atoms with Gasteiger partial charge in [0.05, 0.1) is 62.7 Å². The number of carbonyl (C=O) groups is 3. The molecule has 0 aliphatic rings. The summed E-state index contributed by atoms with van der Waals surface area (Å²) in [6, 6.07) is 33.6. The number of benzene rings is 3. The predicted molar refractivity (Wildman–Crippen MR) is 218 cm³/mol. The third-order valence-electron chi connectivity index (χ3n) is 8.30. The van der Waals surface area contributed by atoms with Gasteiger partial charge in [0, 0.05) is 45.6 Å². The molecule has 1 radical (unpaired) electrons. The van der Waals surface area contributed by atoms with Crippen molar-refractivity contribution in [2.24, 2.45) is 5.11 Å². The summed E-state index contributed by atoms with van der Waals surface area (Å²) in [5.74, 6) is -1.68. The van der Waals surface area contributed by atoms with Crippen molar-refractivity contribution in [1.29, 1.82) is 0 Å². The number of aromatic nitrogens is 1. The molecule has 0 spiro atoms. The molecule has 0 bridgehead atoms. The van der Waals surface area contributed by atoms with E-state index < -0.39 is 57.7 Å². The molecule has 0 fully saturated rings. The van der Waals surface area contributed by atoms with Gasteiger partial charge in [-0.25, -0.2) is 4.98 Å². The number of nitrogens with one attached hydrogen (secondary N) is 4. The first kappa shape index (κ1) is 49.3. The molecule has 3 aromatic carbocycles. The number of rotatable bonds is 19.